The smallest absolute Gasteiger partial charge is 0.295 e. The second-order valence-corrected chi connectivity index (χ2v) is 9.06. The van der Waals surface area contributed by atoms with E-state index in [4.69, 9.17) is 14.2 Å². The summed E-state index contributed by atoms with van der Waals surface area (Å²) in [5, 5.41) is 11.4. The molecule has 0 spiro atoms. The number of hydrogen-bond acceptors (Lipinski definition) is 7. The molecule has 8 heteroatoms. The van der Waals surface area contributed by atoms with Gasteiger partial charge in [0.25, 0.3) is 11.7 Å². The van der Waals surface area contributed by atoms with Gasteiger partial charge in [0.15, 0.2) is 11.5 Å². The lowest BCUT2D eigenvalue weighted by Crippen LogP contribution is -2.29. The number of rotatable bonds is 7. The molecule has 1 amide bonds. The molecule has 1 saturated heterocycles. The van der Waals surface area contributed by atoms with Gasteiger partial charge in [0.05, 0.1) is 18.2 Å². The molecule has 0 radical (unpaired) electrons. The Morgan fingerprint density at radius 2 is 1.78 bits per heavy atom. The number of likely N-dealkylation sites (tertiary alicyclic amines) is 1. The number of fused-ring (bicyclic) bond motifs is 1. The summed E-state index contributed by atoms with van der Waals surface area (Å²) in [5.74, 6) is 0.0382. The first-order chi connectivity index (χ1) is 17.9. The Balaban J connectivity index is 1.60. The fraction of sp³-hybridized carbons (Fsp3) is 0.241. The van der Waals surface area contributed by atoms with E-state index in [0.717, 1.165) is 11.3 Å². The number of nitrogens with zero attached hydrogens (tertiary/aromatic N) is 2. The van der Waals surface area contributed by atoms with Crippen LogP contribution in [-0.2, 0) is 16.1 Å². The number of amides is 1. The normalized spacial score (nSPS) is 17.8. The van der Waals surface area contributed by atoms with Crippen LogP contribution in [0.15, 0.2) is 72.3 Å². The van der Waals surface area contributed by atoms with Crippen LogP contribution in [0.1, 0.15) is 29.7 Å². The highest BCUT2D eigenvalue weighted by molar-refractivity contribution is 6.46. The second kappa shape index (κ2) is 9.89. The van der Waals surface area contributed by atoms with Gasteiger partial charge >= 0.3 is 0 Å². The van der Waals surface area contributed by atoms with Crippen LogP contribution in [0.4, 0.5) is 5.69 Å². The molecule has 5 rings (SSSR count). The van der Waals surface area contributed by atoms with Gasteiger partial charge in [-0.15, -0.1) is 0 Å². The molecule has 0 aliphatic carbocycles. The van der Waals surface area contributed by atoms with Gasteiger partial charge < -0.3 is 29.1 Å². The Morgan fingerprint density at radius 1 is 1.03 bits per heavy atom. The molecule has 0 saturated carbocycles. The number of ether oxygens (including phenoxy) is 3. The molecule has 1 unspecified atom stereocenters. The molecule has 2 heterocycles. The Kier molecular flexibility index (Phi) is 6.48. The standard InChI is InChI=1S/C29H28N2O6/c1-4-35-22-7-5-6-18(14-22)16-31-26(19-8-11-21(12-9-19)30(2)3)25(28(33)29(31)34)27(32)20-10-13-23-24(15-20)37-17-36-23/h5-15,26,32H,4,16-17H2,1-3H3/b27-25-. The van der Waals surface area contributed by atoms with Crippen LogP contribution in [0.2, 0.25) is 0 Å². The molecule has 1 N–H and O–H groups in total. The molecule has 1 fully saturated rings. The molecule has 2 aliphatic rings. The number of anilines is 1. The van der Waals surface area contributed by atoms with Crippen molar-refractivity contribution in [2.24, 2.45) is 0 Å². The largest absolute Gasteiger partial charge is 0.507 e. The first kappa shape index (κ1) is 24.2. The van der Waals surface area contributed by atoms with E-state index in [-0.39, 0.29) is 24.7 Å². The molecule has 37 heavy (non-hydrogen) atoms. The Hall–Kier alpha value is -4.46. The number of carbonyl (C=O) groups is 2. The van der Waals surface area contributed by atoms with Gasteiger partial charge in [0, 0.05) is 31.9 Å². The fourth-order valence-corrected chi connectivity index (χ4v) is 4.64. The second-order valence-electron chi connectivity index (χ2n) is 9.06. The van der Waals surface area contributed by atoms with Crippen LogP contribution < -0.4 is 19.1 Å². The minimum atomic E-state index is -0.780. The highest BCUT2D eigenvalue weighted by atomic mass is 16.7. The van der Waals surface area contributed by atoms with E-state index in [1.165, 1.54) is 4.90 Å². The van der Waals surface area contributed by atoms with Crippen LogP contribution in [0, 0.1) is 0 Å². The summed E-state index contributed by atoms with van der Waals surface area (Å²) < 4.78 is 16.4. The highest BCUT2D eigenvalue weighted by Gasteiger charge is 2.46. The maximum absolute atomic E-state index is 13.4. The third kappa shape index (κ3) is 4.58. The van der Waals surface area contributed by atoms with E-state index >= 15 is 0 Å². The third-order valence-corrected chi connectivity index (χ3v) is 6.47. The van der Waals surface area contributed by atoms with Crippen molar-refractivity contribution in [3.8, 4) is 17.2 Å². The lowest BCUT2D eigenvalue weighted by molar-refractivity contribution is -0.140. The number of ketones is 1. The lowest BCUT2D eigenvalue weighted by Gasteiger charge is -2.26. The summed E-state index contributed by atoms with van der Waals surface area (Å²) in [6, 6.07) is 19.2. The molecule has 8 nitrogen and oxygen atoms in total. The van der Waals surface area contributed by atoms with Gasteiger partial charge in [0.1, 0.15) is 11.5 Å². The first-order valence-electron chi connectivity index (χ1n) is 12.0. The summed E-state index contributed by atoms with van der Waals surface area (Å²) in [4.78, 5) is 30.2. The minimum Gasteiger partial charge on any atom is -0.507 e. The zero-order valence-corrected chi connectivity index (χ0v) is 20.9. The van der Waals surface area contributed by atoms with E-state index in [2.05, 4.69) is 0 Å². The third-order valence-electron chi connectivity index (χ3n) is 6.47. The fourth-order valence-electron chi connectivity index (χ4n) is 4.64. The van der Waals surface area contributed by atoms with Crippen LogP contribution in [0.5, 0.6) is 17.2 Å². The number of aliphatic hydroxyl groups is 1. The molecule has 3 aromatic rings. The maximum Gasteiger partial charge on any atom is 0.295 e. The van der Waals surface area contributed by atoms with Crippen LogP contribution in [0.25, 0.3) is 5.76 Å². The van der Waals surface area contributed by atoms with Gasteiger partial charge in [0.2, 0.25) is 6.79 Å². The molecule has 0 aromatic heterocycles. The molecular formula is C29H28N2O6. The maximum atomic E-state index is 13.4. The first-order valence-corrected chi connectivity index (χ1v) is 12.0. The summed E-state index contributed by atoms with van der Waals surface area (Å²) in [6.07, 6.45) is 0. The Labute approximate surface area is 215 Å². The zero-order chi connectivity index (χ0) is 26.1. The highest BCUT2D eigenvalue weighted by Crippen LogP contribution is 2.42. The number of aliphatic hydroxyl groups excluding tert-OH is 1. The van der Waals surface area contributed by atoms with Crippen molar-refractivity contribution in [1.82, 2.24) is 4.90 Å². The molecule has 3 aromatic carbocycles. The van der Waals surface area contributed by atoms with Crippen LogP contribution >= 0.6 is 0 Å². The van der Waals surface area contributed by atoms with Crippen molar-refractivity contribution in [1.29, 1.82) is 0 Å². The molecular weight excluding hydrogens is 472 g/mol. The SMILES string of the molecule is CCOc1cccc(CN2C(=O)C(=O)/C(=C(\O)c3ccc4c(c3)OCO4)C2c2ccc(N(C)C)cc2)c1. The Bertz CT molecular complexity index is 1380. The monoisotopic (exact) mass is 500 g/mol. The van der Waals surface area contributed by atoms with Gasteiger partial charge in [-0.1, -0.05) is 24.3 Å². The number of hydrogen-bond donors (Lipinski definition) is 1. The van der Waals surface area contributed by atoms with E-state index in [0.29, 0.717) is 35.0 Å². The minimum absolute atomic E-state index is 0.0300. The Morgan fingerprint density at radius 3 is 2.51 bits per heavy atom. The van der Waals surface area contributed by atoms with E-state index in [1.54, 1.807) is 18.2 Å². The number of carbonyl (C=O) groups excluding carboxylic acids is 2. The predicted octanol–water partition coefficient (Wildman–Crippen LogP) is 4.50. The van der Waals surface area contributed by atoms with E-state index in [1.807, 2.05) is 74.4 Å². The molecule has 2 aliphatic heterocycles. The summed E-state index contributed by atoms with van der Waals surface area (Å²) in [7, 11) is 3.87. The quantitative estimate of drug-likeness (QED) is 0.290. The predicted molar refractivity (Wildman–Crippen MR) is 139 cm³/mol. The summed E-state index contributed by atoms with van der Waals surface area (Å²) >= 11 is 0. The summed E-state index contributed by atoms with van der Waals surface area (Å²) in [6.45, 7) is 2.67. The number of Topliss-reactive ketones (excluding diaryl/α,β-unsaturated/α-hetero) is 1. The van der Waals surface area contributed by atoms with Crippen molar-refractivity contribution in [3.05, 3.63) is 89.0 Å². The zero-order valence-electron chi connectivity index (χ0n) is 20.9. The average Bonchev–Trinajstić information content (AvgIpc) is 3.47. The van der Waals surface area contributed by atoms with Gasteiger partial charge in [-0.25, -0.2) is 0 Å². The van der Waals surface area contributed by atoms with Crippen LogP contribution in [-0.4, -0.2) is 49.2 Å². The van der Waals surface area contributed by atoms with E-state index in [9.17, 15) is 14.7 Å². The van der Waals surface area contributed by atoms with E-state index < -0.39 is 17.7 Å². The molecule has 190 valence electrons. The summed E-state index contributed by atoms with van der Waals surface area (Å²) in [5.41, 5.74) is 2.90. The van der Waals surface area contributed by atoms with Gasteiger partial charge in [-0.2, -0.15) is 0 Å². The van der Waals surface area contributed by atoms with Crippen molar-refractivity contribution >= 4 is 23.1 Å². The van der Waals surface area contributed by atoms with Crippen molar-refractivity contribution < 1.29 is 28.9 Å². The van der Waals surface area contributed by atoms with Crippen molar-refractivity contribution in [3.63, 3.8) is 0 Å². The lowest BCUT2D eigenvalue weighted by atomic mass is 9.94. The topological polar surface area (TPSA) is 88.5 Å². The van der Waals surface area contributed by atoms with Gasteiger partial charge in [-0.3, -0.25) is 9.59 Å². The van der Waals surface area contributed by atoms with Crippen LogP contribution in [0.3, 0.4) is 0 Å². The molecule has 0 bridgehead atoms. The average molecular weight is 501 g/mol. The molecule has 1 atom stereocenters. The van der Waals surface area contributed by atoms with Crippen molar-refractivity contribution in [2.45, 2.75) is 19.5 Å². The number of benzene rings is 3. The van der Waals surface area contributed by atoms with Gasteiger partial charge in [-0.05, 0) is 60.5 Å². The van der Waals surface area contributed by atoms with Crippen molar-refractivity contribution in [2.75, 3.05) is 32.4 Å².